The van der Waals surface area contributed by atoms with E-state index in [1.807, 2.05) is 30.3 Å². The molecule has 1 aliphatic rings. The fraction of sp³-hybridized carbons (Fsp3) is 0.417. The lowest BCUT2D eigenvalue weighted by molar-refractivity contribution is -0.122. The highest BCUT2D eigenvalue weighted by molar-refractivity contribution is 6.31. The Labute approximate surface area is 184 Å². The molecule has 1 amide bonds. The Morgan fingerprint density at radius 3 is 2.30 bits per heavy atom. The van der Waals surface area contributed by atoms with E-state index in [0.717, 1.165) is 48.9 Å². The number of hydrogen-bond donors (Lipinski definition) is 1. The molecule has 1 saturated heterocycles. The Balaban J connectivity index is 1.39. The number of hydrazone groups is 1. The van der Waals surface area contributed by atoms with Gasteiger partial charge in [0.25, 0.3) is 5.91 Å². The molecule has 2 aromatic rings. The third-order valence-corrected chi connectivity index (χ3v) is 5.73. The van der Waals surface area contributed by atoms with Gasteiger partial charge in [-0.3, -0.25) is 14.6 Å². The van der Waals surface area contributed by atoms with Crippen molar-refractivity contribution in [1.82, 2.24) is 15.2 Å². The van der Waals surface area contributed by atoms with Crippen molar-refractivity contribution < 1.29 is 4.79 Å². The van der Waals surface area contributed by atoms with E-state index in [1.54, 1.807) is 6.21 Å². The standard InChI is InChI=1S/C24H31ClN4O/c1-24(2,3)21-10-8-19(9-11-21)16-26-27-23(30)18-29-14-12-28(13-15-29)17-20-6-4-5-7-22(20)25/h4-11,16H,12-15,17-18H2,1-3H3,(H,27,30)/b26-16+. The minimum Gasteiger partial charge on any atom is -0.296 e. The van der Waals surface area contributed by atoms with Crippen molar-refractivity contribution in [2.75, 3.05) is 32.7 Å². The fourth-order valence-electron chi connectivity index (χ4n) is 3.46. The number of amides is 1. The molecule has 160 valence electrons. The second-order valence-corrected chi connectivity index (χ2v) is 9.22. The van der Waals surface area contributed by atoms with Gasteiger partial charge < -0.3 is 0 Å². The topological polar surface area (TPSA) is 47.9 Å². The van der Waals surface area contributed by atoms with E-state index in [0.29, 0.717) is 6.54 Å². The molecule has 1 heterocycles. The SMILES string of the molecule is CC(C)(C)c1ccc(/C=N/NC(=O)CN2CCN(Cc3ccccc3Cl)CC2)cc1. The summed E-state index contributed by atoms with van der Waals surface area (Å²) in [5, 5.41) is 4.91. The van der Waals surface area contributed by atoms with Crippen LogP contribution in [0.1, 0.15) is 37.5 Å². The summed E-state index contributed by atoms with van der Waals surface area (Å²) in [6.07, 6.45) is 1.69. The fourth-order valence-corrected chi connectivity index (χ4v) is 3.65. The predicted molar refractivity (Wildman–Crippen MR) is 124 cm³/mol. The van der Waals surface area contributed by atoms with Gasteiger partial charge in [0.1, 0.15) is 0 Å². The third-order valence-electron chi connectivity index (χ3n) is 5.36. The van der Waals surface area contributed by atoms with Crippen molar-refractivity contribution in [3.63, 3.8) is 0 Å². The van der Waals surface area contributed by atoms with Gasteiger partial charge in [0.05, 0.1) is 12.8 Å². The number of carbonyl (C=O) groups excluding carboxylic acids is 1. The maximum absolute atomic E-state index is 12.2. The molecule has 5 nitrogen and oxygen atoms in total. The molecule has 0 aromatic heterocycles. The summed E-state index contributed by atoms with van der Waals surface area (Å²) in [4.78, 5) is 16.7. The average Bonchev–Trinajstić information content (AvgIpc) is 2.71. The lowest BCUT2D eigenvalue weighted by Gasteiger charge is -2.34. The van der Waals surface area contributed by atoms with E-state index < -0.39 is 0 Å². The molecule has 6 heteroatoms. The third kappa shape index (κ3) is 6.66. The minimum atomic E-state index is -0.0860. The van der Waals surface area contributed by atoms with Crippen molar-refractivity contribution >= 4 is 23.7 Å². The van der Waals surface area contributed by atoms with E-state index in [9.17, 15) is 4.79 Å². The lowest BCUT2D eigenvalue weighted by atomic mass is 9.87. The van der Waals surface area contributed by atoms with Gasteiger partial charge in [-0.15, -0.1) is 0 Å². The Morgan fingerprint density at radius 2 is 1.67 bits per heavy atom. The number of hydrogen-bond acceptors (Lipinski definition) is 4. The van der Waals surface area contributed by atoms with Crippen molar-refractivity contribution in [2.45, 2.75) is 32.7 Å². The predicted octanol–water partition coefficient (Wildman–Crippen LogP) is 3.91. The average molecular weight is 427 g/mol. The van der Waals surface area contributed by atoms with Gasteiger partial charge in [-0.1, -0.05) is 74.8 Å². The Bertz CT molecular complexity index is 866. The van der Waals surface area contributed by atoms with Crippen molar-refractivity contribution in [3.05, 3.63) is 70.2 Å². The van der Waals surface area contributed by atoms with Crippen molar-refractivity contribution in [2.24, 2.45) is 5.10 Å². The van der Waals surface area contributed by atoms with Crippen LogP contribution in [0.25, 0.3) is 0 Å². The molecule has 0 atom stereocenters. The summed E-state index contributed by atoms with van der Waals surface area (Å²) in [5.41, 5.74) is 6.16. The van der Waals surface area contributed by atoms with E-state index in [1.165, 1.54) is 5.56 Å². The number of rotatable bonds is 6. The first-order valence-electron chi connectivity index (χ1n) is 10.4. The van der Waals surface area contributed by atoms with Gasteiger partial charge in [-0.2, -0.15) is 5.10 Å². The van der Waals surface area contributed by atoms with Gasteiger partial charge in [0.2, 0.25) is 0 Å². The van der Waals surface area contributed by atoms with Crippen molar-refractivity contribution in [1.29, 1.82) is 0 Å². The van der Waals surface area contributed by atoms with Crippen LogP contribution in [-0.4, -0.2) is 54.6 Å². The molecular formula is C24H31ClN4O. The normalized spacial score (nSPS) is 16.1. The van der Waals surface area contributed by atoms with E-state index in [-0.39, 0.29) is 11.3 Å². The Kier molecular flexibility index (Phi) is 7.64. The first-order valence-corrected chi connectivity index (χ1v) is 10.8. The number of nitrogens with one attached hydrogen (secondary N) is 1. The summed E-state index contributed by atoms with van der Waals surface area (Å²) >= 11 is 6.26. The molecule has 0 saturated carbocycles. The summed E-state index contributed by atoms with van der Waals surface area (Å²) in [5.74, 6) is -0.0860. The van der Waals surface area contributed by atoms with Crippen LogP contribution in [0.15, 0.2) is 53.6 Å². The quantitative estimate of drug-likeness (QED) is 0.562. The maximum Gasteiger partial charge on any atom is 0.254 e. The first-order chi connectivity index (χ1) is 14.3. The second kappa shape index (κ2) is 10.2. The van der Waals surface area contributed by atoms with Crippen LogP contribution in [0.2, 0.25) is 5.02 Å². The molecule has 0 unspecified atom stereocenters. The number of piperazine rings is 1. The smallest absolute Gasteiger partial charge is 0.254 e. The van der Waals surface area contributed by atoms with Crippen LogP contribution in [-0.2, 0) is 16.8 Å². The zero-order valence-electron chi connectivity index (χ0n) is 18.1. The molecule has 3 rings (SSSR count). The lowest BCUT2D eigenvalue weighted by Crippen LogP contribution is -2.48. The zero-order chi connectivity index (χ0) is 21.6. The van der Waals surface area contributed by atoms with Gasteiger partial charge in [0.15, 0.2) is 0 Å². The summed E-state index contributed by atoms with van der Waals surface area (Å²) in [6, 6.07) is 16.2. The molecule has 0 aliphatic carbocycles. The maximum atomic E-state index is 12.2. The largest absolute Gasteiger partial charge is 0.296 e. The first kappa shape index (κ1) is 22.5. The molecule has 2 aromatic carbocycles. The summed E-state index contributed by atoms with van der Waals surface area (Å²) < 4.78 is 0. The minimum absolute atomic E-state index is 0.0860. The zero-order valence-corrected chi connectivity index (χ0v) is 18.8. The number of nitrogens with zero attached hydrogens (tertiary/aromatic N) is 3. The molecule has 0 bridgehead atoms. The molecule has 1 N–H and O–H groups in total. The van der Waals surface area contributed by atoms with Crippen LogP contribution in [0.4, 0.5) is 0 Å². The highest BCUT2D eigenvalue weighted by atomic mass is 35.5. The highest BCUT2D eigenvalue weighted by Gasteiger charge is 2.19. The van der Waals surface area contributed by atoms with Gasteiger partial charge in [0, 0.05) is 37.7 Å². The molecule has 30 heavy (non-hydrogen) atoms. The van der Waals surface area contributed by atoms with Crippen LogP contribution in [0.5, 0.6) is 0 Å². The molecular weight excluding hydrogens is 396 g/mol. The Hall–Kier alpha value is -2.21. The molecule has 0 spiro atoms. The monoisotopic (exact) mass is 426 g/mol. The number of halogens is 1. The van der Waals surface area contributed by atoms with E-state index >= 15 is 0 Å². The van der Waals surface area contributed by atoms with Gasteiger partial charge in [-0.05, 0) is 28.2 Å². The van der Waals surface area contributed by atoms with Gasteiger partial charge in [-0.25, -0.2) is 5.43 Å². The summed E-state index contributed by atoms with van der Waals surface area (Å²) in [6.45, 7) is 11.3. The van der Waals surface area contributed by atoms with Crippen LogP contribution in [0.3, 0.4) is 0 Å². The molecule has 1 aliphatic heterocycles. The number of benzene rings is 2. The molecule has 1 fully saturated rings. The summed E-state index contributed by atoms with van der Waals surface area (Å²) in [7, 11) is 0. The van der Waals surface area contributed by atoms with Crippen molar-refractivity contribution in [3.8, 4) is 0 Å². The highest BCUT2D eigenvalue weighted by Crippen LogP contribution is 2.21. The van der Waals surface area contributed by atoms with E-state index in [2.05, 4.69) is 59.3 Å². The molecule has 0 radical (unpaired) electrons. The van der Waals surface area contributed by atoms with Crippen LogP contribution < -0.4 is 5.43 Å². The van der Waals surface area contributed by atoms with Gasteiger partial charge >= 0.3 is 0 Å². The van der Waals surface area contributed by atoms with Crippen LogP contribution in [0, 0.1) is 0 Å². The Morgan fingerprint density at radius 1 is 1.03 bits per heavy atom. The van der Waals surface area contributed by atoms with Crippen LogP contribution >= 0.6 is 11.6 Å². The van der Waals surface area contributed by atoms with E-state index in [4.69, 9.17) is 11.6 Å². The second-order valence-electron chi connectivity index (χ2n) is 8.81. The number of carbonyl (C=O) groups is 1.